The van der Waals surface area contributed by atoms with Crippen LogP contribution in [0, 0.1) is 13.5 Å². The van der Waals surface area contributed by atoms with Crippen LogP contribution < -0.4 is 5.56 Å². The molecule has 0 bridgehead atoms. The molecule has 1 aromatic heterocycles. The van der Waals surface area contributed by atoms with Crippen molar-refractivity contribution in [2.75, 3.05) is 0 Å². The molecular formula is C20H32N2OV. The zero-order chi connectivity index (χ0) is 17.5. The van der Waals surface area contributed by atoms with Gasteiger partial charge in [-0.1, -0.05) is 54.2 Å². The Morgan fingerprint density at radius 3 is 2.21 bits per heavy atom. The van der Waals surface area contributed by atoms with Crippen LogP contribution in [0.2, 0.25) is 0 Å². The molecular weight excluding hydrogens is 335 g/mol. The first kappa shape index (κ1) is 30.3. The molecule has 0 aliphatic heterocycles. The Labute approximate surface area is 160 Å². The van der Waals surface area contributed by atoms with Crippen LogP contribution in [0.3, 0.4) is 0 Å². The number of hydrogen-bond donors (Lipinski definition) is 0. The number of allylic oxidation sites excluding steroid dienone is 3. The van der Waals surface area contributed by atoms with E-state index >= 15 is 0 Å². The SMILES string of the molecule is C=C/C(=C\C)n1cnc2c[c-]ccc2c1=O.CC.CC.CC.[CH3-].[V+2]. The molecule has 1 aromatic carbocycles. The van der Waals surface area contributed by atoms with Crippen LogP contribution >= 0.6 is 0 Å². The molecule has 0 saturated heterocycles. The Kier molecular flexibility index (Phi) is 24.6. The average molecular weight is 367 g/mol. The maximum atomic E-state index is 12.1. The van der Waals surface area contributed by atoms with E-state index in [2.05, 4.69) is 17.6 Å². The van der Waals surface area contributed by atoms with Crippen LogP contribution in [-0.4, -0.2) is 9.55 Å². The average Bonchev–Trinajstić information content (AvgIpc) is 2.63. The van der Waals surface area contributed by atoms with Crippen molar-refractivity contribution in [2.45, 2.75) is 48.5 Å². The van der Waals surface area contributed by atoms with Gasteiger partial charge in [0.2, 0.25) is 5.56 Å². The van der Waals surface area contributed by atoms with Gasteiger partial charge >= 0.3 is 18.6 Å². The molecule has 133 valence electrons. The molecule has 0 aliphatic rings. The van der Waals surface area contributed by atoms with Crippen LogP contribution in [-0.2, 0) is 18.6 Å². The van der Waals surface area contributed by atoms with Gasteiger partial charge in [0.25, 0.3) is 0 Å². The monoisotopic (exact) mass is 367 g/mol. The second kappa shape index (κ2) is 19.5. The standard InChI is InChI=1S/C13H11N2O.3C2H6.CH3.V/c1-3-10(4-2)15-9-14-12-8-6-5-7-11(12)13(15)16;3*1-2;;/h3-5,7-9H,1H2,2H3;3*1-2H3;1H3;/q-1;;;;-1;+2/b10-4+;;;;;. The molecule has 0 atom stereocenters. The zero-order valence-corrected chi connectivity index (χ0v) is 17.8. The van der Waals surface area contributed by atoms with E-state index in [4.69, 9.17) is 0 Å². The number of benzene rings is 1. The minimum absolute atomic E-state index is 0. The number of aromatic nitrogens is 2. The molecule has 0 spiro atoms. The maximum absolute atomic E-state index is 12.1. The quantitative estimate of drug-likeness (QED) is 0.499. The number of nitrogens with zero attached hydrogens (tertiary/aromatic N) is 2. The van der Waals surface area contributed by atoms with Crippen LogP contribution in [0.4, 0.5) is 0 Å². The van der Waals surface area contributed by atoms with Crippen LogP contribution in [0.25, 0.3) is 16.6 Å². The molecule has 2 rings (SSSR count). The first-order chi connectivity index (χ1) is 10.8. The molecule has 1 radical (unpaired) electrons. The fourth-order valence-electron chi connectivity index (χ4n) is 1.55. The third-order valence-corrected chi connectivity index (χ3v) is 2.39. The third kappa shape index (κ3) is 8.33. The third-order valence-electron chi connectivity index (χ3n) is 2.39. The second-order valence-electron chi connectivity index (χ2n) is 3.28. The summed E-state index contributed by atoms with van der Waals surface area (Å²) in [4.78, 5) is 16.3. The summed E-state index contributed by atoms with van der Waals surface area (Å²) >= 11 is 0. The molecule has 4 heteroatoms. The Morgan fingerprint density at radius 2 is 1.75 bits per heavy atom. The molecule has 0 fully saturated rings. The molecule has 0 aliphatic carbocycles. The predicted octanol–water partition coefficient (Wildman–Crippen LogP) is 5.77. The molecule has 0 N–H and O–H groups in total. The Hall–Kier alpha value is -1.58. The molecule has 1 heterocycles. The van der Waals surface area contributed by atoms with Crippen LogP contribution in [0.5, 0.6) is 0 Å². The van der Waals surface area contributed by atoms with Gasteiger partial charge in [0, 0.05) is 5.70 Å². The minimum Gasteiger partial charge on any atom is -0.358 e. The van der Waals surface area contributed by atoms with Crippen LogP contribution in [0.1, 0.15) is 48.5 Å². The summed E-state index contributed by atoms with van der Waals surface area (Å²) in [6.07, 6.45) is 4.95. The fraction of sp³-hybridized carbons (Fsp3) is 0.350. The van der Waals surface area contributed by atoms with E-state index in [1.165, 1.54) is 10.9 Å². The van der Waals surface area contributed by atoms with Gasteiger partial charge in [-0.15, -0.1) is 0 Å². The van der Waals surface area contributed by atoms with Crippen molar-refractivity contribution in [3.63, 3.8) is 0 Å². The first-order valence-electron chi connectivity index (χ1n) is 7.94. The van der Waals surface area contributed by atoms with Gasteiger partial charge in [0.15, 0.2) is 0 Å². The van der Waals surface area contributed by atoms with Gasteiger partial charge in [-0.2, -0.15) is 24.3 Å². The van der Waals surface area contributed by atoms with Crippen molar-refractivity contribution in [3.05, 3.63) is 67.1 Å². The molecule has 3 nitrogen and oxygen atoms in total. The molecule has 2 aromatic rings. The fourth-order valence-corrected chi connectivity index (χ4v) is 1.55. The summed E-state index contributed by atoms with van der Waals surface area (Å²) in [6.45, 7) is 17.5. The van der Waals surface area contributed by atoms with E-state index in [-0.39, 0.29) is 31.5 Å². The van der Waals surface area contributed by atoms with Crippen molar-refractivity contribution in [2.24, 2.45) is 0 Å². The van der Waals surface area contributed by atoms with Gasteiger partial charge < -0.3 is 12.4 Å². The minimum atomic E-state index is -0.0907. The molecule has 0 saturated carbocycles. The smallest absolute Gasteiger partial charge is 0.358 e. The molecule has 0 unspecified atom stereocenters. The van der Waals surface area contributed by atoms with Crippen molar-refractivity contribution in [3.8, 4) is 0 Å². The van der Waals surface area contributed by atoms with Gasteiger partial charge in [-0.05, 0) is 23.9 Å². The van der Waals surface area contributed by atoms with E-state index < -0.39 is 0 Å². The number of rotatable bonds is 2. The van der Waals surface area contributed by atoms with Crippen molar-refractivity contribution in [1.82, 2.24) is 9.55 Å². The molecule has 0 amide bonds. The largest absolute Gasteiger partial charge is 2.00 e. The Bertz CT molecular complexity index is 631. The van der Waals surface area contributed by atoms with E-state index in [0.717, 1.165) is 5.70 Å². The summed E-state index contributed by atoms with van der Waals surface area (Å²) in [5.74, 6) is 0. The zero-order valence-electron chi connectivity index (χ0n) is 16.4. The van der Waals surface area contributed by atoms with Crippen molar-refractivity contribution >= 4 is 16.6 Å². The van der Waals surface area contributed by atoms with Gasteiger partial charge in [0.1, 0.15) is 0 Å². The van der Waals surface area contributed by atoms with E-state index in [1.807, 2.05) is 54.5 Å². The predicted molar refractivity (Wildman–Crippen MR) is 105 cm³/mol. The summed E-state index contributed by atoms with van der Waals surface area (Å²) < 4.78 is 1.48. The summed E-state index contributed by atoms with van der Waals surface area (Å²) in [5, 5.41) is 0.586. The summed E-state index contributed by atoms with van der Waals surface area (Å²) in [7, 11) is 0. The first-order valence-corrected chi connectivity index (χ1v) is 7.94. The second-order valence-corrected chi connectivity index (χ2v) is 3.28. The normalized spacial score (nSPS) is 8.54. The molecule has 24 heavy (non-hydrogen) atoms. The maximum Gasteiger partial charge on any atom is 2.00 e. The van der Waals surface area contributed by atoms with E-state index in [0.29, 0.717) is 10.9 Å². The van der Waals surface area contributed by atoms with Crippen molar-refractivity contribution < 1.29 is 18.6 Å². The van der Waals surface area contributed by atoms with E-state index in [1.54, 1.807) is 24.3 Å². The number of hydrogen-bond acceptors (Lipinski definition) is 2. The summed E-state index contributed by atoms with van der Waals surface area (Å²) in [6, 6.07) is 8.02. The Morgan fingerprint density at radius 1 is 1.21 bits per heavy atom. The van der Waals surface area contributed by atoms with Crippen LogP contribution in [0.15, 0.2) is 48.1 Å². The van der Waals surface area contributed by atoms with Gasteiger partial charge in [-0.25, -0.2) is 0 Å². The van der Waals surface area contributed by atoms with Gasteiger partial charge in [-0.3, -0.25) is 9.36 Å². The summed E-state index contributed by atoms with van der Waals surface area (Å²) in [5.41, 5.74) is 1.29. The van der Waals surface area contributed by atoms with Crippen molar-refractivity contribution in [1.29, 1.82) is 0 Å². The number of fused-ring (bicyclic) bond motifs is 1. The van der Waals surface area contributed by atoms with E-state index in [9.17, 15) is 4.79 Å². The topological polar surface area (TPSA) is 34.9 Å². The Balaban J connectivity index is -0.000000226. The van der Waals surface area contributed by atoms with Gasteiger partial charge in [0.05, 0.1) is 6.33 Å².